The Kier molecular flexibility index (Phi) is 6.37. The van der Waals surface area contributed by atoms with Crippen LogP contribution in [0, 0.1) is 0 Å². The molecule has 0 atom stereocenters. The number of esters is 1. The number of halogens is 1. The van der Waals surface area contributed by atoms with Crippen LogP contribution >= 0.6 is 12.4 Å². The van der Waals surface area contributed by atoms with Gasteiger partial charge in [-0.25, -0.2) is 4.79 Å². The minimum Gasteiger partial charge on any atom is -0.482 e. The Morgan fingerprint density at radius 1 is 1.36 bits per heavy atom. The monoisotopic (exact) mass is 366 g/mol. The van der Waals surface area contributed by atoms with Crippen LogP contribution in [-0.2, 0) is 22.5 Å². The number of carbonyl (C=O) groups excluding carboxylic acids is 2. The maximum atomic E-state index is 12.4. The van der Waals surface area contributed by atoms with E-state index < -0.39 is 5.97 Å². The van der Waals surface area contributed by atoms with E-state index in [1.165, 1.54) is 7.11 Å². The van der Waals surface area contributed by atoms with Gasteiger partial charge >= 0.3 is 5.97 Å². The van der Waals surface area contributed by atoms with E-state index in [1.807, 2.05) is 0 Å². The molecule has 8 nitrogen and oxygen atoms in total. The first kappa shape index (κ1) is 18.8. The summed E-state index contributed by atoms with van der Waals surface area (Å²) in [5.41, 5.74) is 2.84. The van der Waals surface area contributed by atoms with E-state index in [0.29, 0.717) is 23.7 Å². The quantitative estimate of drug-likeness (QED) is 0.688. The van der Waals surface area contributed by atoms with Gasteiger partial charge in [-0.05, 0) is 12.1 Å². The van der Waals surface area contributed by atoms with Gasteiger partial charge in [0, 0.05) is 42.5 Å². The van der Waals surface area contributed by atoms with E-state index in [-0.39, 0.29) is 24.9 Å². The highest BCUT2D eigenvalue weighted by atomic mass is 35.5. The number of carbonyl (C=O) groups is 2. The lowest BCUT2D eigenvalue weighted by molar-refractivity contribution is -0.142. The third kappa shape index (κ3) is 4.49. The van der Waals surface area contributed by atoms with Crippen molar-refractivity contribution in [3.63, 3.8) is 0 Å². The van der Waals surface area contributed by atoms with Crippen molar-refractivity contribution in [1.82, 2.24) is 15.5 Å². The molecule has 1 aliphatic heterocycles. The normalized spacial score (nSPS) is 12.5. The smallest absolute Gasteiger partial charge is 0.343 e. The van der Waals surface area contributed by atoms with Crippen LogP contribution in [0.4, 0.5) is 5.69 Å². The van der Waals surface area contributed by atoms with Gasteiger partial charge in [-0.3, -0.25) is 9.89 Å². The van der Waals surface area contributed by atoms with Crippen LogP contribution in [0.15, 0.2) is 24.3 Å². The summed E-state index contributed by atoms with van der Waals surface area (Å²) in [5.74, 6) is -0.301. The van der Waals surface area contributed by atoms with Crippen molar-refractivity contribution >= 4 is 30.0 Å². The SMILES string of the molecule is COC(=O)COc1cccc(NC(=O)c2n[nH]c3c2CNCC3)c1.Cl. The first-order valence-corrected chi connectivity index (χ1v) is 7.55. The van der Waals surface area contributed by atoms with E-state index in [9.17, 15) is 9.59 Å². The van der Waals surface area contributed by atoms with E-state index in [4.69, 9.17) is 4.74 Å². The largest absolute Gasteiger partial charge is 0.482 e. The second-order valence-electron chi connectivity index (χ2n) is 5.30. The number of methoxy groups -OCH3 is 1. The standard InChI is InChI=1S/C16H18N4O4.ClH/c1-23-14(21)9-24-11-4-2-3-10(7-11)18-16(22)15-12-8-17-6-5-13(12)19-20-15;/h2-4,7,17H,5-6,8-9H2,1H3,(H,18,22)(H,19,20);1H. The van der Waals surface area contributed by atoms with Crippen molar-refractivity contribution in [3.8, 4) is 5.75 Å². The number of anilines is 1. The summed E-state index contributed by atoms with van der Waals surface area (Å²) in [7, 11) is 1.29. The molecule has 0 spiro atoms. The zero-order chi connectivity index (χ0) is 16.9. The molecule has 2 heterocycles. The van der Waals surface area contributed by atoms with E-state index >= 15 is 0 Å². The van der Waals surface area contributed by atoms with Crippen molar-refractivity contribution in [3.05, 3.63) is 41.2 Å². The average molecular weight is 367 g/mol. The van der Waals surface area contributed by atoms with Gasteiger partial charge in [-0.15, -0.1) is 12.4 Å². The summed E-state index contributed by atoms with van der Waals surface area (Å²) in [6.45, 7) is 1.30. The Morgan fingerprint density at radius 3 is 3.00 bits per heavy atom. The van der Waals surface area contributed by atoms with Crippen molar-refractivity contribution in [2.45, 2.75) is 13.0 Å². The molecule has 3 N–H and O–H groups in total. The van der Waals surface area contributed by atoms with Crippen LogP contribution in [0.2, 0.25) is 0 Å². The molecule has 0 fully saturated rings. The Hall–Kier alpha value is -2.58. The first-order valence-electron chi connectivity index (χ1n) is 7.55. The Labute approximate surface area is 150 Å². The molecule has 9 heteroatoms. The number of hydrogen-bond donors (Lipinski definition) is 3. The lowest BCUT2D eigenvalue weighted by Crippen LogP contribution is -2.25. The fourth-order valence-corrected chi connectivity index (χ4v) is 2.47. The van der Waals surface area contributed by atoms with Crippen LogP contribution in [-0.4, -0.2) is 42.3 Å². The molecule has 1 amide bonds. The van der Waals surface area contributed by atoms with Gasteiger partial charge in [0.25, 0.3) is 5.91 Å². The molecule has 0 saturated carbocycles. The zero-order valence-corrected chi connectivity index (χ0v) is 14.4. The van der Waals surface area contributed by atoms with Gasteiger partial charge in [0.2, 0.25) is 0 Å². The van der Waals surface area contributed by atoms with Gasteiger partial charge in [0.05, 0.1) is 7.11 Å². The van der Waals surface area contributed by atoms with E-state index in [1.54, 1.807) is 24.3 Å². The fraction of sp³-hybridized carbons (Fsp3) is 0.312. The number of hydrogen-bond acceptors (Lipinski definition) is 6. The van der Waals surface area contributed by atoms with Crippen molar-refractivity contribution in [2.75, 3.05) is 25.6 Å². The molecule has 3 rings (SSSR count). The van der Waals surface area contributed by atoms with E-state index in [2.05, 4.69) is 25.6 Å². The molecule has 0 aliphatic carbocycles. The molecule has 0 saturated heterocycles. The topological polar surface area (TPSA) is 105 Å². The zero-order valence-electron chi connectivity index (χ0n) is 13.6. The number of benzene rings is 1. The Bertz CT molecular complexity index is 762. The number of fused-ring (bicyclic) bond motifs is 1. The molecule has 2 aromatic rings. The molecule has 25 heavy (non-hydrogen) atoms. The summed E-state index contributed by atoms with van der Waals surface area (Å²) in [6, 6.07) is 6.79. The van der Waals surface area contributed by atoms with Gasteiger partial charge < -0.3 is 20.1 Å². The molecular formula is C16H19ClN4O4. The number of nitrogens with one attached hydrogen (secondary N) is 3. The van der Waals surface area contributed by atoms with Crippen molar-refractivity contribution < 1.29 is 19.1 Å². The fourth-order valence-electron chi connectivity index (χ4n) is 2.47. The summed E-state index contributed by atoms with van der Waals surface area (Å²) >= 11 is 0. The van der Waals surface area contributed by atoms with Gasteiger partial charge in [-0.2, -0.15) is 5.10 Å². The summed E-state index contributed by atoms with van der Waals surface area (Å²) in [6.07, 6.45) is 0.826. The van der Waals surface area contributed by atoms with Crippen LogP contribution < -0.4 is 15.4 Å². The highest BCUT2D eigenvalue weighted by molar-refractivity contribution is 6.04. The number of aromatic nitrogens is 2. The number of ether oxygens (including phenoxy) is 2. The Balaban J connectivity index is 0.00000225. The minimum atomic E-state index is -0.472. The highest BCUT2D eigenvalue weighted by Gasteiger charge is 2.21. The Morgan fingerprint density at radius 2 is 2.20 bits per heavy atom. The average Bonchev–Trinajstić information content (AvgIpc) is 3.04. The van der Waals surface area contributed by atoms with Gasteiger partial charge in [0.1, 0.15) is 5.75 Å². The predicted octanol–water partition coefficient (Wildman–Crippen LogP) is 1.28. The number of aromatic amines is 1. The summed E-state index contributed by atoms with van der Waals surface area (Å²) < 4.78 is 9.82. The molecule has 1 aliphatic rings. The lowest BCUT2D eigenvalue weighted by Gasteiger charge is -2.13. The summed E-state index contributed by atoms with van der Waals surface area (Å²) in [4.78, 5) is 23.5. The predicted molar refractivity (Wildman–Crippen MR) is 93.2 cm³/mol. The van der Waals surface area contributed by atoms with Crippen LogP contribution in [0.25, 0.3) is 0 Å². The van der Waals surface area contributed by atoms with Gasteiger partial charge in [-0.1, -0.05) is 6.07 Å². The molecular weight excluding hydrogens is 348 g/mol. The highest BCUT2D eigenvalue weighted by Crippen LogP contribution is 2.20. The van der Waals surface area contributed by atoms with E-state index in [0.717, 1.165) is 24.2 Å². The number of amides is 1. The molecule has 134 valence electrons. The minimum absolute atomic E-state index is 0. The van der Waals surface area contributed by atoms with Gasteiger partial charge in [0.15, 0.2) is 12.3 Å². The third-order valence-corrected chi connectivity index (χ3v) is 3.70. The molecule has 1 aromatic heterocycles. The second kappa shape index (κ2) is 8.50. The molecule has 1 aromatic carbocycles. The van der Waals surface area contributed by atoms with Crippen LogP contribution in [0.5, 0.6) is 5.75 Å². The van der Waals surface area contributed by atoms with Crippen molar-refractivity contribution in [2.24, 2.45) is 0 Å². The molecule has 0 bridgehead atoms. The molecule has 0 unspecified atom stereocenters. The second-order valence-corrected chi connectivity index (χ2v) is 5.30. The number of H-pyrrole nitrogens is 1. The third-order valence-electron chi connectivity index (χ3n) is 3.70. The maximum absolute atomic E-state index is 12.4. The first-order chi connectivity index (χ1) is 11.7. The molecule has 0 radical (unpaired) electrons. The number of rotatable bonds is 5. The lowest BCUT2D eigenvalue weighted by atomic mass is 10.1. The van der Waals surface area contributed by atoms with Crippen molar-refractivity contribution in [1.29, 1.82) is 0 Å². The van der Waals surface area contributed by atoms with Crippen LogP contribution in [0.3, 0.4) is 0 Å². The summed E-state index contributed by atoms with van der Waals surface area (Å²) in [5, 5.41) is 13.0. The van der Waals surface area contributed by atoms with Crippen LogP contribution in [0.1, 0.15) is 21.7 Å². The maximum Gasteiger partial charge on any atom is 0.343 e. The number of nitrogens with zero attached hydrogens (tertiary/aromatic N) is 1.